The molecule has 1 heterocycles. The van der Waals surface area contributed by atoms with Crippen molar-refractivity contribution in [3.05, 3.63) is 59.5 Å². The van der Waals surface area contributed by atoms with Gasteiger partial charge < -0.3 is 15.0 Å². The maximum Gasteiger partial charge on any atom is 0.234 e. The van der Waals surface area contributed by atoms with Gasteiger partial charge in [-0.15, -0.1) is 0 Å². The highest BCUT2D eigenvalue weighted by molar-refractivity contribution is 7.99. The van der Waals surface area contributed by atoms with Gasteiger partial charge in [0, 0.05) is 5.02 Å². The third-order valence-corrected chi connectivity index (χ3v) is 4.61. The van der Waals surface area contributed by atoms with Gasteiger partial charge in [-0.05, 0) is 48.0 Å². The van der Waals surface area contributed by atoms with Crippen LogP contribution in [-0.4, -0.2) is 28.7 Å². The first-order valence-corrected chi connectivity index (χ1v) is 8.98. The number of rotatable bonds is 6. The second-order valence-corrected chi connectivity index (χ2v) is 6.69. The normalized spacial score (nSPS) is 10.6. The van der Waals surface area contributed by atoms with E-state index in [0.717, 1.165) is 11.3 Å². The number of aromatic amines is 1. The fraction of sp³-hybridized carbons (Fsp3) is 0.111. The van der Waals surface area contributed by atoms with Gasteiger partial charge in [0.25, 0.3) is 0 Å². The van der Waals surface area contributed by atoms with Crippen molar-refractivity contribution >= 4 is 35.0 Å². The number of methoxy groups -OCH3 is 1. The van der Waals surface area contributed by atoms with E-state index in [1.165, 1.54) is 31.0 Å². The van der Waals surface area contributed by atoms with Crippen LogP contribution in [0.4, 0.5) is 10.1 Å². The van der Waals surface area contributed by atoms with Gasteiger partial charge in [-0.3, -0.25) is 4.79 Å². The molecule has 2 N–H and O–H groups in total. The zero-order valence-electron chi connectivity index (χ0n) is 13.8. The maximum absolute atomic E-state index is 13.0. The number of hydrogen-bond acceptors (Lipinski definition) is 4. The van der Waals surface area contributed by atoms with Crippen molar-refractivity contribution in [1.29, 1.82) is 0 Å². The molecule has 3 aromatic rings. The molecule has 8 heteroatoms. The van der Waals surface area contributed by atoms with Crippen LogP contribution in [0.1, 0.15) is 0 Å². The molecule has 0 aliphatic heterocycles. The summed E-state index contributed by atoms with van der Waals surface area (Å²) >= 11 is 7.21. The first kappa shape index (κ1) is 18.3. The molecule has 0 unspecified atom stereocenters. The third kappa shape index (κ3) is 4.56. The number of nitrogens with zero attached hydrogens (tertiary/aromatic N) is 1. The van der Waals surface area contributed by atoms with Gasteiger partial charge in [0.1, 0.15) is 11.6 Å². The molecule has 0 saturated carbocycles. The first-order chi connectivity index (χ1) is 12.5. The Morgan fingerprint density at radius 2 is 2.08 bits per heavy atom. The Morgan fingerprint density at radius 3 is 2.81 bits per heavy atom. The van der Waals surface area contributed by atoms with Crippen molar-refractivity contribution in [2.45, 2.75) is 5.16 Å². The Morgan fingerprint density at radius 1 is 1.31 bits per heavy atom. The van der Waals surface area contributed by atoms with Crippen LogP contribution in [0.3, 0.4) is 0 Å². The summed E-state index contributed by atoms with van der Waals surface area (Å²) in [5.41, 5.74) is 2.08. The fourth-order valence-corrected chi connectivity index (χ4v) is 3.07. The molecule has 3 rings (SSSR count). The van der Waals surface area contributed by atoms with Crippen LogP contribution < -0.4 is 10.1 Å². The molecule has 5 nitrogen and oxygen atoms in total. The number of nitrogens with one attached hydrogen (secondary N) is 2. The van der Waals surface area contributed by atoms with E-state index < -0.39 is 0 Å². The zero-order chi connectivity index (χ0) is 18.5. The summed E-state index contributed by atoms with van der Waals surface area (Å²) in [5.74, 6) is 0.182. The van der Waals surface area contributed by atoms with Crippen molar-refractivity contribution in [1.82, 2.24) is 9.97 Å². The van der Waals surface area contributed by atoms with Crippen molar-refractivity contribution < 1.29 is 13.9 Å². The smallest absolute Gasteiger partial charge is 0.234 e. The number of amides is 1. The van der Waals surface area contributed by atoms with Crippen LogP contribution in [0.15, 0.2) is 53.8 Å². The number of halogens is 2. The lowest BCUT2D eigenvalue weighted by Gasteiger charge is -2.10. The van der Waals surface area contributed by atoms with Crippen LogP contribution in [0, 0.1) is 5.82 Å². The summed E-state index contributed by atoms with van der Waals surface area (Å²) in [6, 6.07) is 11.1. The van der Waals surface area contributed by atoms with E-state index in [2.05, 4.69) is 15.3 Å². The zero-order valence-corrected chi connectivity index (χ0v) is 15.3. The molecule has 0 spiro atoms. The van der Waals surface area contributed by atoms with Crippen LogP contribution in [0.25, 0.3) is 11.3 Å². The monoisotopic (exact) mass is 391 g/mol. The second kappa shape index (κ2) is 8.25. The number of carbonyl (C=O) groups excluding carboxylic acids is 1. The molecule has 0 atom stereocenters. The van der Waals surface area contributed by atoms with E-state index in [1.54, 1.807) is 36.5 Å². The lowest BCUT2D eigenvalue weighted by Crippen LogP contribution is -2.14. The summed E-state index contributed by atoms with van der Waals surface area (Å²) < 4.78 is 18.2. The quantitative estimate of drug-likeness (QED) is 0.602. The number of thioether (sulfide) groups is 1. The lowest BCUT2D eigenvalue weighted by atomic mass is 10.2. The Labute approximate surface area is 158 Å². The summed E-state index contributed by atoms with van der Waals surface area (Å²) in [5, 5.41) is 3.86. The van der Waals surface area contributed by atoms with E-state index in [9.17, 15) is 9.18 Å². The van der Waals surface area contributed by atoms with Gasteiger partial charge in [0.15, 0.2) is 5.16 Å². The van der Waals surface area contributed by atoms with E-state index in [1.807, 2.05) is 0 Å². The molecule has 0 aliphatic carbocycles. The third-order valence-electron chi connectivity index (χ3n) is 3.48. The largest absolute Gasteiger partial charge is 0.495 e. The van der Waals surface area contributed by atoms with Gasteiger partial charge in [0.05, 0.1) is 30.4 Å². The molecule has 0 radical (unpaired) electrons. The fourth-order valence-electron chi connectivity index (χ4n) is 2.25. The van der Waals surface area contributed by atoms with Crippen molar-refractivity contribution in [2.75, 3.05) is 18.2 Å². The Bertz CT molecular complexity index is 915. The highest BCUT2D eigenvalue weighted by atomic mass is 35.5. The molecule has 0 bridgehead atoms. The molecular weight excluding hydrogens is 377 g/mol. The van der Waals surface area contributed by atoms with Gasteiger partial charge in [0.2, 0.25) is 5.91 Å². The summed E-state index contributed by atoms with van der Waals surface area (Å²) in [7, 11) is 1.52. The lowest BCUT2D eigenvalue weighted by molar-refractivity contribution is -0.113. The Hall–Kier alpha value is -2.51. The number of benzene rings is 2. The summed E-state index contributed by atoms with van der Waals surface area (Å²) in [4.78, 5) is 19.5. The first-order valence-electron chi connectivity index (χ1n) is 7.62. The highest BCUT2D eigenvalue weighted by Crippen LogP contribution is 2.28. The van der Waals surface area contributed by atoms with Gasteiger partial charge >= 0.3 is 0 Å². The van der Waals surface area contributed by atoms with Crippen molar-refractivity contribution in [3.63, 3.8) is 0 Å². The van der Waals surface area contributed by atoms with Gasteiger partial charge in [-0.2, -0.15) is 0 Å². The molecule has 0 fully saturated rings. The van der Waals surface area contributed by atoms with Crippen LogP contribution in [0.5, 0.6) is 5.75 Å². The van der Waals surface area contributed by atoms with E-state index in [-0.39, 0.29) is 17.5 Å². The number of hydrogen-bond donors (Lipinski definition) is 2. The second-order valence-electron chi connectivity index (χ2n) is 5.29. The average Bonchev–Trinajstić information content (AvgIpc) is 3.10. The SMILES string of the molecule is COc1ccc(Cl)cc1NC(=O)CSc1ncc(-c2ccc(F)cc2)[nH]1. The van der Waals surface area contributed by atoms with E-state index in [0.29, 0.717) is 21.6 Å². The van der Waals surface area contributed by atoms with Crippen LogP contribution in [-0.2, 0) is 4.79 Å². The number of imidazole rings is 1. The molecule has 2 aromatic carbocycles. The molecule has 0 aliphatic rings. The minimum atomic E-state index is -0.295. The van der Waals surface area contributed by atoms with Crippen molar-refractivity contribution in [3.8, 4) is 17.0 Å². The Kier molecular flexibility index (Phi) is 5.80. The van der Waals surface area contributed by atoms with Gasteiger partial charge in [-0.25, -0.2) is 9.37 Å². The molecule has 26 heavy (non-hydrogen) atoms. The number of ether oxygens (including phenoxy) is 1. The van der Waals surface area contributed by atoms with E-state index >= 15 is 0 Å². The number of aromatic nitrogens is 2. The minimum Gasteiger partial charge on any atom is -0.495 e. The number of carbonyl (C=O) groups is 1. The predicted octanol–water partition coefficient (Wildman–Crippen LogP) is 4.61. The standard InChI is InChI=1S/C18H15ClFN3O2S/c1-25-16-7-4-12(19)8-14(16)22-17(24)10-26-18-21-9-15(23-18)11-2-5-13(20)6-3-11/h2-9H,10H2,1H3,(H,21,23)(H,22,24). The molecule has 1 aromatic heterocycles. The van der Waals surface area contributed by atoms with Gasteiger partial charge in [-0.1, -0.05) is 23.4 Å². The van der Waals surface area contributed by atoms with Crippen molar-refractivity contribution in [2.24, 2.45) is 0 Å². The Balaban J connectivity index is 1.60. The summed E-state index contributed by atoms with van der Waals surface area (Å²) in [6.07, 6.45) is 1.65. The molecule has 1 amide bonds. The number of anilines is 1. The van der Waals surface area contributed by atoms with Crippen LogP contribution >= 0.6 is 23.4 Å². The average molecular weight is 392 g/mol. The molecule has 134 valence electrons. The van der Waals surface area contributed by atoms with E-state index in [4.69, 9.17) is 16.3 Å². The van der Waals surface area contributed by atoms with Crippen LogP contribution in [0.2, 0.25) is 5.02 Å². The molecular formula is C18H15ClFN3O2S. The summed E-state index contributed by atoms with van der Waals surface area (Å²) in [6.45, 7) is 0. The molecule has 0 saturated heterocycles. The number of H-pyrrole nitrogens is 1. The minimum absolute atomic E-state index is 0.159. The maximum atomic E-state index is 13.0. The predicted molar refractivity (Wildman–Crippen MR) is 101 cm³/mol. The highest BCUT2D eigenvalue weighted by Gasteiger charge is 2.11. The topological polar surface area (TPSA) is 67.0 Å².